The third-order valence-electron chi connectivity index (χ3n) is 2.26. The zero-order valence-electron chi connectivity index (χ0n) is 6.92. The quantitative estimate of drug-likeness (QED) is 0.653. The van der Waals surface area contributed by atoms with Crippen molar-refractivity contribution in [3.05, 3.63) is 0 Å². The largest absolute Gasteiger partial charge is 0.313 e. The molecule has 0 atom stereocenters. The second-order valence-corrected chi connectivity index (χ2v) is 3.06. The van der Waals surface area contributed by atoms with Crippen molar-refractivity contribution in [2.24, 2.45) is 0 Å². The minimum absolute atomic E-state index is 0. The van der Waals surface area contributed by atoms with Gasteiger partial charge in [0.25, 0.3) is 0 Å². The second-order valence-electron chi connectivity index (χ2n) is 3.06. The van der Waals surface area contributed by atoms with Gasteiger partial charge in [0.2, 0.25) is 0 Å². The summed E-state index contributed by atoms with van der Waals surface area (Å²) in [7, 11) is 4.05. The number of nitrogens with one attached hydrogen (secondary N) is 1. The second kappa shape index (κ2) is 3.91. The summed E-state index contributed by atoms with van der Waals surface area (Å²) in [5.41, 5.74) is 0.134. The monoisotopic (exact) mass is 175 g/mol. The van der Waals surface area contributed by atoms with E-state index in [1.54, 1.807) is 0 Å². The van der Waals surface area contributed by atoms with E-state index in [1.807, 2.05) is 14.1 Å². The van der Waals surface area contributed by atoms with Crippen molar-refractivity contribution in [1.82, 2.24) is 10.2 Å². The van der Waals surface area contributed by atoms with Crippen molar-refractivity contribution in [2.45, 2.75) is 12.0 Å². The van der Waals surface area contributed by atoms with E-state index in [2.05, 4.69) is 16.3 Å². The van der Waals surface area contributed by atoms with Gasteiger partial charge in [0.05, 0.1) is 18.0 Å². The molecule has 0 saturated carbocycles. The molecular formula is C7H14ClN3. The minimum atomic E-state index is 0. The maximum absolute atomic E-state index is 8.51. The van der Waals surface area contributed by atoms with E-state index in [4.69, 9.17) is 5.26 Å². The highest BCUT2D eigenvalue weighted by atomic mass is 35.5. The van der Waals surface area contributed by atoms with E-state index in [9.17, 15) is 0 Å². The molecule has 0 aromatic rings. The summed E-state index contributed by atoms with van der Waals surface area (Å²) in [5, 5.41) is 11.7. The predicted molar refractivity (Wildman–Crippen MR) is 46.8 cm³/mol. The average Bonchev–Trinajstić information content (AvgIpc) is 1.77. The molecular weight excluding hydrogens is 162 g/mol. The van der Waals surface area contributed by atoms with Gasteiger partial charge in [-0.05, 0) is 14.1 Å². The van der Waals surface area contributed by atoms with Crippen LogP contribution in [0.4, 0.5) is 0 Å². The summed E-state index contributed by atoms with van der Waals surface area (Å²) in [6.45, 7) is 1.90. The van der Waals surface area contributed by atoms with Crippen LogP contribution in [0.2, 0.25) is 0 Å². The molecule has 0 aromatic heterocycles. The van der Waals surface area contributed by atoms with E-state index in [0.29, 0.717) is 6.42 Å². The summed E-state index contributed by atoms with van der Waals surface area (Å²) in [4.78, 5) is 2.13. The van der Waals surface area contributed by atoms with Crippen LogP contribution in [-0.4, -0.2) is 37.6 Å². The molecule has 0 aromatic carbocycles. The number of halogens is 1. The van der Waals surface area contributed by atoms with Crippen molar-refractivity contribution >= 4 is 12.4 Å². The molecule has 0 aliphatic carbocycles. The Kier molecular flexibility index (Phi) is 3.81. The van der Waals surface area contributed by atoms with Crippen LogP contribution in [0.25, 0.3) is 0 Å². The van der Waals surface area contributed by atoms with Crippen molar-refractivity contribution in [2.75, 3.05) is 27.2 Å². The van der Waals surface area contributed by atoms with Crippen LogP contribution in [-0.2, 0) is 0 Å². The molecule has 64 valence electrons. The highest BCUT2D eigenvalue weighted by Gasteiger charge is 2.38. The Morgan fingerprint density at radius 2 is 2.09 bits per heavy atom. The van der Waals surface area contributed by atoms with Crippen molar-refractivity contribution in [3.63, 3.8) is 0 Å². The molecule has 0 spiro atoms. The SMILES string of the molecule is CN(C)C1(CC#N)CNC1.Cl. The number of rotatable bonds is 2. The lowest BCUT2D eigenvalue weighted by Gasteiger charge is -2.46. The number of nitriles is 1. The lowest BCUT2D eigenvalue weighted by molar-refractivity contribution is 0.0902. The van der Waals surface area contributed by atoms with E-state index in [1.165, 1.54) is 0 Å². The molecule has 0 radical (unpaired) electrons. The van der Waals surface area contributed by atoms with E-state index in [-0.39, 0.29) is 17.9 Å². The van der Waals surface area contributed by atoms with Gasteiger partial charge >= 0.3 is 0 Å². The van der Waals surface area contributed by atoms with Gasteiger partial charge in [-0.3, -0.25) is 0 Å². The Labute approximate surface area is 73.8 Å². The van der Waals surface area contributed by atoms with Gasteiger partial charge in [0.15, 0.2) is 0 Å². The summed E-state index contributed by atoms with van der Waals surface area (Å²) in [6, 6.07) is 2.21. The van der Waals surface area contributed by atoms with Crippen molar-refractivity contribution < 1.29 is 0 Å². The molecule has 1 heterocycles. The fraction of sp³-hybridized carbons (Fsp3) is 0.857. The Morgan fingerprint density at radius 3 is 2.18 bits per heavy atom. The molecule has 0 unspecified atom stereocenters. The first-order valence-corrected chi connectivity index (χ1v) is 3.46. The molecule has 1 saturated heterocycles. The highest BCUT2D eigenvalue weighted by molar-refractivity contribution is 5.85. The smallest absolute Gasteiger partial charge is 0.0642 e. The average molecular weight is 176 g/mol. The molecule has 1 N–H and O–H groups in total. The molecule has 1 aliphatic rings. The van der Waals surface area contributed by atoms with Gasteiger partial charge < -0.3 is 10.2 Å². The predicted octanol–water partition coefficient (Wildman–Crippen LogP) is 0.225. The Hall–Kier alpha value is -0.300. The van der Waals surface area contributed by atoms with Crippen LogP contribution in [0.15, 0.2) is 0 Å². The van der Waals surface area contributed by atoms with Gasteiger partial charge in [-0.1, -0.05) is 0 Å². The molecule has 0 bridgehead atoms. The molecule has 1 aliphatic heterocycles. The highest BCUT2D eigenvalue weighted by Crippen LogP contribution is 2.20. The Morgan fingerprint density at radius 1 is 1.55 bits per heavy atom. The number of hydrogen-bond acceptors (Lipinski definition) is 3. The lowest BCUT2D eigenvalue weighted by atomic mass is 9.88. The van der Waals surface area contributed by atoms with Crippen LogP contribution in [0.5, 0.6) is 0 Å². The van der Waals surface area contributed by atoms with E-state index >= 15 is 0 Å². The molecule has 1 fully saturated rings. The first kappa shape index (κ1) is 10.7. The first-order chi connectivity index (χ1) is 4.71. The molecule has 11 heavy (non-hydrogen) atoms. The van der Waals surface area contributed by atoms with Gasteiger partial charge in [0, 0.05) is 13.1 Å². The van der Waals surface area contributed by atoms with Crippen LogP contribution in [0.1, 0.15) is 6.42 Å². The normalized spacial score (nSPS) is 19.8. The Bertz CT molecular complexity index is 158. The number of nitrogens with zero attached hydrogens (tertiary/aromatic N) is 2. The molecule has 3 nitrogen and oxygen atoms in total. The maximum Gasteiger partial charge on any atom is 0.0642 e. The summed E-state index contributed by atoms with van der Waals surface area (Å²) in [5.74, 6) is 0. The van der Waals surface area contributed by atoms with Crippen molar-refractivity contribution in [1.29, 1.82) is 5.26 Å². The minimum Gasteiger partial charge on any atom is -0.313 e. The van der Waals surface area contributed by atoms with Gasteiger partial charge in [-0.25, -0.2) is 0 Å². The third kappa shape index (κ3) is 1.84. The molecule has 1 rings (SSSR count). The summed E-state index contributed by atoms with van der Waals surface area (Å²) < 4.78 is 0. The van der Waals surface area contributed by atoms with E-state index in [0.717, 1.165) is 13.1 Å². The zero-order chi connectivity index (χ0) is 7.61. The fourth-order valence-electron chi connectivity index (χ4n) is 1.16. The van der Waals surface area contributed by atoms with Crippen LogP contribution < -0.4 is 5.32 Å². The zero-order valence-corrected chi connectivity index (χ0v) is 7.74. The van der Waals surface area contributed by atoms with Crippen LogP contribution in [0, 0.1) is 11.3 Å². The third-order valence-corrected chi connectivity index (χ3v) is 2.26. The fourth-order valence-corrected chi connectivity index (χ4v) is 1.16. The topological polar surface area (TPSA) is 39.1 Å². The van der Waals surface area contributed by atoms with E-state index < -0.39 is 0 Å². The maximum atomic E-state index is 8.51. The number of likely N-dealkylation sites (N-methyl/N-ethyl adjacent to an activating group) is 1. The van der Waals surface area contributed by atoms with Crippen LogP contribution in [0.3, 0.4) is 0 Å². The summed E-state index contributed by atoms with van der Waals surface area (Å²) in [6.07, 6.45) is 0.632. The van der Waals surface area contributed by atoms with Gasteiger partial charge in [-0.2, -0.15) is 5.26 Å². The lowest BCUT2D eigenvalue weighted by Crippen LogP contribution is -2.66. The van der Waals surface area contributed by atoms with Gasteiger partial charge in [-0.15, -0.1) is 12.4 Å². The molecule has 4 heteroatoms. The molecule has 0 amide bonds. The summed E-state index contributed by atoms with van der Waals surface area (Å²) >= 11 is 0. The van der Waals surface area contributed by atoms with Crippen LogP contribution >= 0.6 is 12.4 Å². The number of hydrogen-bond donors (Lipinski definition) is 1. The Balaban J connectivity index is 0.000001000. The first-order valence-electron chi connectivity index (χ1n) is 3.46. The van der Waals surface area contributed by atoms with Gasteiger partial charge in [0.1, 0.15) is 0 Å². The van der Waals surface area contributed by atoms with Crippen molar-refractivity contribution in [3.8, 4) is 6.07 Å². The standard InChI is InChI=1S/C7H13N3.ClH/c1-10(2)7(3-4-8)5-9-6-7;/h9H,3,5-6H2,1-2H3;1H.